The summed E-state index contributed by atoms with van der Waals surface area (Å²) < 4.78 is 18.0. The molecule has 1 aromatic heterocycles. The summed E-state index contributed by atoms with van der Waals surface area (Å²) in [7, 11) is 1.49. The topological polar surface area (TPSA) is 118 Å². The van der Waals surface area contributed by atoms with Gasteiger partial charge in [-0.3, -0.25) is 14.9 Å². The third-order valence-electron chi connectivity index (χ3n) is 4.79. The van der Waals surface area contributed by atoms with Crippen molar-refractivity contribution in [1.82, 2.24) is 9.78 Å². The normalized spacial score (nSPS) is 10.5. The number of nitrogens with zero attached hydrogens (tertiary/aromatic N) is 3. The number of anilines is 1. The third kappa shape index (κ3) is 5.68. The molecule has 1 heterocycles. The van der Waals surface area contributed by atoms with E-state index in [4.69, 9.17) is 25.8 Å². The summed E-state index contributed by atoms with van der Waals surface area (Å²) in [6.45, 7) is -0.0728. The molecule has 0 aliphatic rings. The Morgan fingerprint density at radius 2 is 1.77 bits per heavy atom. The Morgan fingerprint density at radius 1 is 1.06 bits per heavy atom. The van der Waals surface area contributed by atoms with Crippen molar-refractivity contribution in [3.8, 4) is 23.0 Å². The average molecular weight is 495 g/mol. The van der Waals surface area contributed by atoms with E-state index in [0.29, 0.717) is 22.3 Å². The molecular weight excluding hydrogens is 476 g/mol. The van der Waals surface area contributed by atoms with E-state index in [1.54, 1.807) is 48.5 Å². The van der Waals surface area contributed by atoms with Crippen LogP contribution in [0, 0.1) is 10.1 Å². The van der Waals surface area contributed by atoms with Gasteiger partial charge in [-0.1, -0.05) is 35.9 Å². The highest BCUT2D eigenvalue weighted by molar-refractivity contribution is 6.32. The van der Waals surface area contributed by atoms with Crippen LogP contribution in [0.25, 0.3) is 0 Å². The molecule has 0 aliphatic carbocycles. The van der Waals surface area contributed by atoms with Gasteiger partial charge < -0.3 is 19.5 Å². The number of carbonyl (C=O) groups is 1. The molecule has 0 aliphatic heterocycles. The first kappa shape index (κ1) is 23.6. The number of non-ortho nitro benzene ring substituents is 1. The molecule has 0 fully saturated rings. The number of para-hydroxylation sites is 3. The van der Waals surface area contributed by atoms with Crippen molar-refractivity contribution in [2.45, 2.75) is 6.73 Å². The number of methoxy groups -OCH3 is 1. The largest absolute Gasteiger partial charge is 0.493 e. The highest BCUT2D eigenvalue weighted by Gasteiger charge is 2.17. The Balaban J connectivity index is 1.54. The van der Waals surface area contributed by atoms with Crippen LogP contribution in [-0.4, -0.2) is 27.7 Å². The molecule has 0 spiro atoms. The first-order valence-corrected chi connectivity index (χ1v) is 10.6. The Labute approximate surface area is 204 Å². The number of amides is 1. The van der Waals surface area contributed by atoms with E-state index in [1.165, 1.54) is 42.3 Å². The van der Waals surface area contributed by atoms with Gasteiger partial charge in [-0.05, 0) is 30.3 Å². The van der Waals surface area contributed by atoms with Crippen LogP contribution in [0.2, 0.25) is 5.02 Å². The van der Waals surface area contributed by atoms with E-state index >= 15 is 0 Å². The summed E-state index contributed by atoms with van der Waals surface area (Å²) in [6.07, 6.45) is 1.44. The van der Waals surface area contributed by atoms with Crippen molar-refractivity contribution in [2.75, 3.05) is 12.4 Å². The highest BCUT2D eigenvalue weighted by atomic mass is 35.5. The van der Waals surface area contributed by atoms with Gasteiger partial charge in [0.05, 0.1) is 28.8 Å². The van der Waals surface area contributed by atoms with E-state index in [0.717, 1.165) is 0 Å². The molecule has 0 unspecified atom stereocenters. The van der Waals surface area contributed by atoms with Crippen molar-refractivity contribution in [3.05, 3.63) is 99.8 Å². The number of nitrogens with one attached hydrogen (secondary N) is 1. The second-order valence-electron chi connectivity index (χ2n) is 7.10. The van der Waals surface area contributed by atoms with Gasteiger partial charge in [-0.15, -0.1) is 0 Å². The maximum absolute atomic E-state index is 12.9. The van der Waals surface area contributed by atoms with E-state index < -0.39 is 10.8 Å². The molecule has 1 amide bonds. The van der Waals surface area contributed by atoms with Gasteiger partial charge in [-0.2, -0.15) is 5.10 Å². The smallest absolute Gasteiger partial charge is 0.275 e. The molecular formula is C24H19ClN4O6. The molecule has 35 heavy (non-hydrogen) atoms. The van der Waals surface area contributed by atoms with Crippen molar-refractivity contribution >= 4 is 28.9 Å². The van der Waals surface area contributed by atoms with Crippen molar-refractivity contribution in [1.29, 1.82) is 0 Å². The monoisotopic (exact) mass is 494 g/mol. The summed E-state index contributed by atoms with van der Waals surface area (Å²) in [5, 5.41) is 18.6. The molecule has 4 rings (SSSR count). The number of hydrogen-bond donors (Lipinski definition) is 1. The second kappa shape index (κ2) is 10.6. The summed E-state index contributed by atoms with van der Waals surface area (Å²) in [6, 6.07) is 19.2. The minimum Gasteiger partial charge on any atom is -0.493 e. The fourth-order valence-electron chi connectivity index (χ4n) is 3.17. The lowest BCUT2D eigenvalue weighted by Gasteiger charge is -2.13. The number of hydrogen-bond acceptors (Lipinski definition) is 7. The lowest BCUT2D eigenvalue weighted by atomic mass is 10.2. The first-order chi connectivity index (χ1) is 16.9. The fraction of sp³-hybridized carbons (Fsp3) is 0.0833. The van der Waals surface area contributed by atoms with Crippen LogP contribution in [0.15, 0.2) is 79.0 Å². The van der Waals surface area contributed by atoms with Crippen molar-refractivity contribution in [3.63, 3.8) is 0 Å². The SMILES string of the molecule is COc1ccccc1Oc1cc(NC(=O)c2ccnn2COc2ccccc2Cl)cc([N+](=O)[O-])c1. The number of nitro groups is 1. The number of rotatable bonds is 9. The molecule has 0 atom stereocenters. The van der Waals surface area contributed by atoms with Gasteiger partial charge in [0.15, 0.2) is 18.2 Å². The van der Waals surface area contributed by atoms with Gasteiger partial charge in [0.1, 0.15) is 17.2 Å². The summed E-state index contributed by atoms with van der Waals surface area (Å²) in [5.41, 5.74) is 0.0767. The van der Waals surface area contributed by atoms with E-state index in [2.05, 4.69) is 10.4 Å². The zero-order chi connectivity index (χ0) is 24.8. The predicted molar refractivity (Wildman–Crippen MR) is 128 cm³/mol. The molecule has 11 heteroatoms. The number of ether oxygens (including phenoxy) is 3. The molecule has 0 bridgehead atoms. The lowest BCUT2D eigenvalue weighted by molar-refractivity contribution is -0.384. The van der Waals surface area contributed by atoms with E-state index in [9.17, 15) is 14.9 Å². The fourth-order valence-corrected chi connectivity index (χ4v) is 3.36. The predicted octanol–water partition coefficient (Wildman–Crippen LogP) is 5.53. The Morgan fingerprint density at radius 3 is 2.49 bits per heavy atom. The third-order valence-corrected chi connectivity index (χ3v) is 5.10. The van der Waals surface area contributed by atoms with Crippen molar-refractivity contribution in [2.24, 2.45) is 0 Å². The summed E-state index contributed by atoms with van der Waals surface area (Å²) in [5.74, 6) is 0.853. The number of carbonyl (C=O) groups excluding carboxylic acids is 1. The quantitative estimate of drug-likeness (QED) is 0.240. The van der Waals surface area contributed by atoms with Crippen LogP contribution in [0.5, 0.6) is 23.0 Å². The maximum Gasteiger partial charge on any atom is 0.275 e. The minimum atomic E-state index is -0.577. The summed E-state index contributed by atoms with van der Waals surface area (Å²) in [4.78, 5) is 23.8. The number of nitro benzene ring substituents is 1. The Bertz CT molecular complexity index is 1370. The maximum atomic E-state index is 12.9. The van der Waals surface area contributed by atoms with Crippen LogP contribution in [-0.2, 0) is 6.73 Å². The molecule has 0 saturated carbocycles. The Kier molecular flexibility index (Phi) is 7.12. The molecule has 0 radical (unpaired) electrons. The molecule has 0 saturated heterocycles. The Hall–Kier alpha value is -4.57. The van der Waals surface area contributed by atoms with Gasteiger partial charge in [0.2, 0.25) is 0 Å². The van der Waals surface area contributed by atoms with E-state index in [-0.39, 0.29) is 29.5 Å². The number of benzene rings is 3. The number of aromatic nitrogens is 2. The van der Waals surface area contributed by atoms with Crippen LogP contribution in [0.4, 0.5) is 11.4 Å². The van der Waals surface area contributed by atoms with Crippen LogP contribution in [0.3, 0.4) is 0 Å². The molecule has 3 aromatic carbocycles. The zero-order valence-corrected chi connectivity index (χ0v) is 19.1. The molecule has 1 N–H and O–H groups in total. The average Bonchev–Trinajstić information content (AvgIpc) is 3.32. The van der Waals surface area contributed by atoms with E-state index in [1.807, 2.05) is 0 Å². The van der Waals surface area contributed by atoms with Gasteiger partial charge in [0, 0.05) is 18.3 Å². The van der Waals surface area contributed by atoms with Gasteiger partial charge in [-0.25, -0.2) is 4.68 Å². The van der Waals surface area contributed by atoms with Crippen molar-refractivity contribution < 1.29 is 23.9 Å². The molecule has 178 valence electrons. The molecule has 10 nitrogen and oxygen atoms in total. The van der Waals surface area contributed by atoms with Gasteiger partial charge in [0.25, 0.3) is 11.6 Å². The minimum absolute atomic E-state index is 0.0728. The van der Waals surface area contributed by atoms with Crippen LogP contribution >= 0.6 is 11.6 Å². The van der Waals surface area contributed by atoms with Crippen LogP contribution < -0.4 is 19.5 Å². The molecule has 4 aromatic rings. The lowest BCUT2D eigenvalue weighted by Crippen LogP contribution is -2.19. The second-order valence-corrected chi connectivity index (χ2v) is 7.51. The van der Waals surface area contributed by atoms with Gasteiger partial charge >= 0.3 is 0 Å². The van der Waals surface area contributed by atoms with Crippen LogP contribution in [0.1, 0.15) is 10.5 Å². The standard InChI is InChI=1S/C24H19ClN4O6/c1-33-22-8-4-5-9-23(22)35-18-13-16(12-17(14-18)29(31)32)27-24(30)20-10-11-26-28(20)15-34-21-7-3-2-6-19(21)25/h2-14H,15H2,1H3,(H,27,30). The summed E-state index contributed by atoms with van der Waals surface area (Å²) >= 11 is 6.10. The first-order valence-electron chi connectivity index (χ1n) is 10.3. The highest BCUT2D eigenvalue weighted by Crippen LogP contribution is 2.34. The number of halogens is 1. The zero-order valence-electron chi connectivity index (χ0n) is 18.4.